The number of carbonyl (C=O) groups is 1. The number of rotatable bonds is 5. The Labute approximate surface area is 154 Å². The smallest absolute Gasteiger partial charge is 0.348 e. The van der Waals surface area contributed by atoms with E-state index in [1.54, 1.807) is 24.4 Å². The summed E-state index contributed by atoms with van der Waals surface area (Å²) in [4.78, 5) is 16.4. The van der Waals surface area contributed by atoms with Crippen LogP contribution in [0.3, 0.4) is 0 Å². The Kier molecular flexibility index (Phi) is 5.30. The minimum absolute atomic E-state index is 0.0265. The molecule has 0 aliphatic carbocycles. The van der Waals surface area contributed by atoms with Crippen LogP contribution in [-0.4, -0.2) is 15.5 Å². The number of aryl methyl sites for hydroxylation is 1. The van der Waals surface area contributed by atoms with Gasteiger partial charge in [0.25, 0.3) is 5.91 Å². The lowest BCUT2D eigenvalue weighted by Gasteiger charge is -2.10. The number of carbonyl (C=O) groups excluding carboxylic acids is 1. The highest BCUT2D eigenvalue weighted by Gasteiger charge is 2.30. The molecule has 0 atom stereocenters. The first kappa shape index (κ1) is 18.7. The van der Waals surface area contributed by atoms with Crippen molar-refractivity contribution in [2.45, 2.75) is 26.2 Å². The number of benzene rings is 2. The molecule has 2 aromatic carbocycles. The van der Waals surface area contributed by atoms with E-state index in [1.165, 1.54) is 6.07 Å². The SMILES string of the molecule is Cc1nccn1Cc1ccc(C(=O)NCc2cccc(C(F)(F)F)c2)cc1. The number of imidazole rings is 1. The van der Waals surface area contributed by atoms with Crippen molar-refractivity contribution in [1.29, 1.82) is 0 Å². The number of halogens is 3. The summed E-state index contributed by atoms with van der Waals surface area (Å²) in [5.74, 6) is 0.565. The first-order chi connectivity index (χ1) is 12.8. The second-order valence-corrected chi connectivity index (χ2v) is 6.18. The molecular formula is C20H18F3N3O. The maximum Gasteiger partial charge on any atom is 0.416 e. The van der Waals surface area contributed by atoms with Gasteiger partial charge in [-0.05, 0) is 42.3 Å². The summed E-state index contributed by atoms with van der Waals surface area (Å²) in [6, 6.07) is 12.0. The molecule has 3 aromatic rings. The Morgan fingerprint density at radius 1 is 1.11 bits per heavy atom. The number of hydrogen-bond acceptors (Lipinski definition) is 2. The van der Waals surface area contributed by atoms with E-state index in [1.807, 2.05) is 29.8 Å². The lowest BCUT2D eigenvalue weighted by molar-refractivity contribution is -0.137. The van der Waals surface area contributed by atoms with E-state index in [0.29, 0.717) is 17.7 Å². The molecule has 0 aliphatic heterocycles. The molecule has 0 unspecified atom stereocenters. The summed E-state index contributed by atoms with van der Waals surface area (Å²) in [5, 5.41) is 2.65. The number of aromatic nitrogens is 2. The average Bonchev–Trinajstić information content (AvgIpc) is 3.04. The third kappa shape index (κ3) is 4.75. The predicted octanol–water partition coefficient (Wildman–Crippen LogP) is 4.19. The van der Waals surface area contributed by atoms with Gasteiger partial charge in [-0.25, -0.2) is 4.98 Å². The minimum Gasteiger partial charge on any atom is -0.348 e. The van der Waals surface area contributed by atoms with Gasteiger partial charge < -0.3 is 9.88 Å². The van der Waals surface area contributed by atoms with E-state index >= 15 is 0 Å². The van der Waals surface area contributed by atoms with Crippen molar-refractivity contribution in [1.82, 2.24) is 14.9 Å². The highest BCUT2D eigenvalue weighted by molar-refractivity contribution is 5.94. The van der Waals surface area contributed by atoms with Crippen molar-refractivity contribution in [3.8, 4) is 0 Å². The molecule has 0 bridgehead atoms. The van der Waals surface area contributed by atoms with E-state index in [4.69, 9.17) is 0 Å². The molecule has 0 saturated carbocycles. The van der Waals surface area contributed by atoms with Crippen LogP contribution in [0.15, 0.2) is 60.9 Å². The zero-order valence-corrected chi connectivity index (χ0v) is 14.6. The van der Waals surface area contributed by atoms with Gasteiger partial charge in [0.05, 0.1) is 5.56 Å². The summed E-state index contributed by atoms with van der Waals surface area (Å²) in [6.45, 7) is 2.59. The Bertz CT molecular complexity index is 930. The van der Waals surface area contributed by atoms with Gasteiger partial charge in [0.2, 0.25) is 0 Å². The Hall–Kier alpha value is -3.09. The van der Waals surface area contributed by atoms with Crippen LogP contribution < -0.4 is 5.32 Å². The third-order valence-electron chi connectivity index (χ3n) is 4.20. The lowest BCUT2D eigenvalue weighted by atomic mass is 10.1. The number of nitrogens with zero attached hydrogens (tertiary/aromatic N) is 2. The van der Waals surface area contributed by atoms with Crippen molar-refractivity contribution < 1.29 is 18.0 Å². The number of hydrogen-bond donors (Lipinski definition) is 1. The van der Waals surface area contributed by atoms with Crippen molar-refractivity contribution in [3.63, 3.8) is 0 Å². The summed E-state index contributed by atoms with van der Waals surface area (Å²) < 4.78 is 40.2. The molecule has 4 nitrogen and oxygen atoms in total. The topological polar surface area (TPSA) is 46.9 Å². The van der Waals surface area contributed by atoms with Crippen LogP contribution in [0.4, 0.5) is 13.2 Å². The summed E-state index contributed by atoms with van der Waals surface area (Å²) in [7, 11) is 0. The largest absolute Gasteiger partial charge is 0.416 e. The minimum atomic E-state index is -4.40. The Morgan fingerprint density at radius 3 is 2.48 bits per heavy atom. The van der Waals surface area contributed by atoms with E-state index in [2.05, 4.69) is 10.3 Å². The number of alkyl halides is 3. The van der Waals surface area contributed by atoms with Crippen LogP contribution in [0.1, 0.15) is 32.9 Å². The standard InChI is InChI=1S/C20H18F3N3O/c1-14-24-9-10-26(14)13-15-5-7-17(8-6-15)19(27)25-12-16-3-2-4-18(11-16)20(21,22)23/h2-11H,12-13H2,1H3,(H,25,27). The van der Waals surface area contributed by atoms with Crippen LogP contribution in [0, 0.1) is 6.92 Å². The second kappa shape index (κ2) is 7.65. The monoisotopic (exact) mass is 373 g/mol. The van der Waals surface area contributed by atoms with Crippen molar-refractivity contribution in [3.05, 3.63) is 89.0 Å². The highest BCUT2D eigenvalue weighted by Crippen LogP contribution is 2.29. The first-order valence-corrected chi connectivity index (χ1v) is 8.34. The van der Waals surface area contributed by atoms with Crippen molar-refractivity contribution in [2.75, 3.05) is 0 Å². The molecular weight excluding hydrogens is 355 g/mol. The highest BCUT2D eigenvalue weighted by atomic mass is 19.4. The van der Waals surface area contributed by atoms with Crippen molar-refractivity contribution in [2.24, 2.45) is 0 Å². The Morgan fingerprint density at radius 2 is 1.85 bits per heavy atom. The molecule has 1 heterocycles. The van der Waals surface area contributed by atoms with E-state index in [9.17, 15) is 18.0 Å². The van der Waals surface area contributed by atoms with Gasteiger partial charge in [0.15, 0.2) is 0 Å². The van der Waals surface area contributed by atoms with E-state index in [-0.39, 0.29) is 12.5 Å². The molecule has 1 N–H and O–H groups in total. The molecule has 140 valence electrons. The normalized spacial score (nSPS) is 11.4. The first-order valence-electron chi connectivity index (χ1n) is 8.34. The van der Waals surface area contributed by atoms with Gasteiger partial charge >= 0.3 is 6.18 Å². The van der Waals surface area contributed by atoms with E-state index in [0.717, 1.165) is 23.5 Å². The predicted molar refractivity (Wildman–Crippen MR) is 95.1 cm³/mol. The molecule has 0 saturated heterocycles. The zero-order chi connectivity index (χ0) is 19.4. The van der Waals surface area contributed by atoms with Gasteiger partial charge in [0, 0.05) is 31.0 Å². The van der Waals surface area contributed by atoms with Gasteiger partial charge in [-0.2, -0.15) is 13.2 Å². The molecule has 0 radical (unpaired) electrons. The van der Waals surface area contributed by atoms with Gasteiger partial charge in [-0.3, -0.25) is 4.79 Å². The molecule has 0 spiro atoms. The molecule has 27 heavy (non-hydrogen) atoms. The average molecular weight is 373 g/mol. The fourth-order valence-corrected chi connectivity index (χ4v) is 2.67. The van der Waals surface area contributed by atoms with Gasteiger partial charge in [-0.1, -0.05) is 24.3 Å². The van der Waals surface area contributed by atoms with Crippen LogP contribution in [-0.2, 0) is 19.3 Å². The summed E-state index contributed by atoms with van der Waals surface area (Å²) in [5.41, 5.74) is 1.14. The number of nitrogens with one attached hydrogen (secondary N) is 1. The molecule has 3 rings (SSSR count). The summed E-state index contributed by atoms with van der Waals surface area (Å²) in [6.07, 6.45) is -0.792. The zero-order valence-electron chi connectivity index (χ0n) is 14.6. The molecule has 0 fully saturated rings. The van der Waals surface area contributed by atoms with Gasteiger partial charge in [0.1, 0.15) is 5.82 Å². The van der Waals surface area contributed by atoms with Crippen LogP contribution >= 0.6 is 0 Å². The number of amides is 1. The fourth-order valence-electron chi connectivity index (χ4n) is 2.67. The molecule has 1 amide bonds. The van der Waals surface area contributed by atoms with Crippen LogP contribution in [0.2, 0.25) is 0 Å². The molecule has 7 heteroatoms. The maximum absolute atomic E-state index is 12.7. The van der Waals surface area contributed by atoms with Gasteiger partial charge in [-0.15, -0.1) is 0 Å². The van der Waals surface area contributed by atoms with Crippen molar-refractivity contribution >= 4 is 5.91 Å². The lowest BCUT2D eigenvalue weighted by Crippen LogP contribution is -2.23. The maximum atomic E-state index is 12.7. The molecule has 0 aliphatic rings. The summed E-state index contributed by atoms with van der Waals surface area (Å²) >= 11 is 0. The second-order valence-electron chi connectivity index (χ2n) is 6.18. The van der Waals surface area contributed by atoms with Crippen LogP contribution in [0.5, 0.6) is 0 Å². The quantitative estimate of drug-likeness (QED) is 0.729. The third-order valence-corrected chi connectivity index (χ3v) is 4.20. The Balaban J connectivity index is 1.61. The van der Waals surface area contributed by atoms with E-state index < -0.39 is 11.7 Å². The molecule has 1 aromatic heterocycles. The van der Waals surface area contributed by atoms with Crippen LogP contribution in [0.25, 0.3) is 0 Å². The fraction of sp³-hybridized carbons (Fsp3) is 0.200.